The van der Waals surface area contributed by atoms with Crippen molar-refractivity contribution in [2.45, 2.75) is 20.5 Å². The Balaban J connectivity index is 1.54. The molecule has 136 valence electrons. The van der Waals surface area contributed by atoms with E-state index in [1.165, 1.54) is 23.3 Å². The van der Waals surface area contributed by atoms with Crippen LogP contribution in [-0.2, 0) is 16.1 Å². The van der Waals surface area contributed by atoms with E-state index in [-0.39, 0.29) is 0 Å². The average Bonchev–Trinajstić information content (AvgIpc) is 2.66. The molecule has 3 rings (SSSR count). The van der Waals surface area contributed by atoms with E-state index in [9.17, 15) is 4.79 Å². The van der Waals surface area contributed by atoms with Crippen LogP contribution in [-0.4, -0.2) is 5.97 Å². The molecule has 0 saturated carbocycles. The number of carbonyl (C=O) groups excluding carboxylic acids is 1. The Morgan fingerprint density at radius 3 is 2.33 bits per heavy atom. The molecule has 27 heavy (non-hydrogen) atoms. The molecule has 0 saturated heterocycles. The molecule has 0 heterocycles. The Morgan fingerprint density at radius 1 is 0.889 bits per heavy atom. The maximum Gasteiger partial charge on any atom is 0.336 e. The number of hydrogen-bond donors (Lipinski definition) is 0. The topological polar surface area (TPSA) is 35.5 Å². The highest BCUT2D eigenvalue weighted by Crippen LogP contribution is 2.22. The molecule has 3 aromatic carbocycles. The van der Waals surface area contributed by atoms with E-state index in [0.717, 1.165) is 16.3 Å². The summed E-state index contributed by atoms with van der Waals surface area (Å²) in [5.41, 5.74) is 3.44. The van der Waals surface area contributed by atoms with Crippen molar-refractivity contribution < 1.29 is 14.3 Å². The van der Waals surface area contributed by atoms with Gasteiger partial charge in [-0.2, -0.15) is 0 Å². The zero-order chi connectivity index (χ0) is 19.2. The second-order valence-corrected chi connectivity index (χ2v) is 6.51. The Hall–Kier alpha value is -3.33. The van der Waals surface area contributed by atoms with Gasteiger partial charge in [-0.1, -0.05) is 66.2 Å². The molecule has 0 atom stereocenters. The largest absolute Gasteiger partial charge is 0.490 e. The second-order valence-electron chi connectivity index (χ2n) is 6.51. The van der Waals surface area contributed by atoms with Crippen LogP contribution in [0.4, 0.5) is 0 Å². The van der Waals surface area contributed by atoms with Gasteiger partial charge in [0.1, 0.15) is 18.1 Å². The first-order chi connectivity index (χ1) is 13.0. The molecule has 3 heteroatoms. The number of aryl methyl sites for hydroxylation is 2. The van der Waals surface area contributed by atoms with Crippen LogP contribution in [0, 0.1) is 13.8 Å². The molecule has 3 aromatic rings. The molecule has 0 aromatic heterocycles. The maximum absolute atomic E-state index is 12.0. The summed E-state index contributed by atoms with van der Waals surface area (Å²) in [6.45, 7) is 8.29. The molecule has 0 aliphatic rings. The van der Waals surface area contributed by atoms with E-state index >= 15 is 0 Å². The third-order valence-electron chi connectivity index (χ3n) is 4.14. The fourth-order valence-corrected chi connectivity index (χ4v) is 2.63. The van der Waals surface area contributed by atoms with Crippen molar-refractivity contribution in [2.75, 3.05) is 0 Å². The van der Waals surface area contributed by atoms with E-state index in [4.69, 9.17) is 9.47 Å². The van der Waals surface area contributed by atoms with Crippen molar-refractivity contribution in [1.29, 1.82) is 0 Å². The lowest BCUT2D eigenvalue weighted by Crippen LogP contribution is -2.04. The lowest BCUT2D eigenvalue weighted by Gasteiger charge is -2.06. The van der Waals surface area contributed by atoms with Crippen molar-refractivity contribution in [3.63, 3.8) is 0 Å². The fourth-order valence-electron chi connectivity index (χ4n) is 2.63. The van der Waals surface area contributed by atoms with Gasteiger partial charge in [0.05, 0.1) is 0 Å². The van der Waals surface area contributed by atoms with Gasteiger partial charge in [0.2, 0.25) is 0 Å². The van der Waals surface area contributed by atoms with E-state index in [2.05, 4.69) is 12.6 Å². The van der Waals surface area contributed by atoms with E-state index in [0.29, 0.717) is 18.1 Å². The predicted octanol–water partition coefficient (Wildman–Crippen LogP) is 5.65. The van der Waals surface area contributed by atoms with E-state index < -0.39 is 5.97 Å². The van der Waals surface area contributed by atoms with Gasteiger partial charge >= 0.3 is 5.97 Å². The average molecular weight is 358 g/mol. The summed E-state index contributed by atoms with van der Waals surface area (Å²) in [5.74, 6) is 0.440. The van der Waals surface area contributed by atoms with Crippen molar-refractivity contribution in [3.8, 4) is 5.75 Å². The molecule has 0 amide bonds. The standard InChI is InChI=1S/C24H22O3/c1-17-4-8-20(9-5-17)16-26-19(3)7-13-24(25)27-23-12-11-21-14-18(2)6-10-22(21)15-23/h4-15H,3,16H2,1-2H3/b13-7+. The van der Waals surface area contributed by atoms with Crippen LogP contribution in [0.15, 0.2) is 85.2 Å². The number of fused-ring (bicyclic) bond motifs is 1. The first kappa shape index (κ1) is 18.5. The SMILES string of the molecule is C=C(/C=C/C(=O)Oc1ccc2cc(C)ccc2c1)OCc1ccc(C)cc1. The van der Waals surface area contributed by atoms with Crippen LogP contribution < -0.4 is 4.74 Å². The lowest BCUT2D eigenvalue weighted by molar-refractivity contribution is -0.129. The molecule has 3 nitrogen and oxygen atoms in total. The molecule has 0 aliphatic heterocycles. The molecule has 0 fully saturated rings. The van der Waals surface area contributed by atoms with Gasteiger partial charge in [-0.05, 0) is 48.4 Å². The van der Waals surface area contributed by atoms with Gasteiger partial charge in [0.25, 0.3) is 0 Å². The van der Waals surface area contributed by atoms with Gasteiger partial charge in [-0.3, -0.25) is 0 Å². The monoisotopic (exact) mass is 358 g/mol. The molecule has 0 spiro atoms. The van der Waals surface area contributed by atoms with Crippen LogP contribution >= 0.6 is 0 Å². The van der Waals surface area contributed by atoms with Crippen LogP contribution in [0.25, 0.3) is 10.8 Å². The summed E-state index contributed by atoms with van der Waals surface area (Å²) in [6.07, 6.45) is 2.83. The highest BCUT2D eigenvalue weighted by atomic mass is 16.5. The zero-order valence-electron chi connectivity index (χ0n) is 15.6. The summed E-state index contributed by atoms with van der Waals surface area (Å²) in [7, 11) is 0. The Kier molecular flexibility index (Phi) is 5.72. The van der Waals surface area contributed by atoms with Gasteiger partial charge in [-0.15, -0.1) is 0 Å². The molecule has 0 radical (unpaired) electrons. The van der Waals surface area contributed by atoms with Crippen molar-refractivity contribution >= 4 is 16.7 Å². The third-order valence-corrected chi connectivity index (χ3v) is 4.14. The zero-order valence-corrected chi connectivity index (χ0v) is 15.6. The summed E-state index contributed by atoms with van der Waals surface area (Å²) in [5, 5.41) is 2.14. The number of carbonyl (C=O) groups is 1. The Bertz CT molecular complexity index is 998. The predicted molar refractivity (Wildman–Crippen MR) is 109 cm³/mol. The minimum absolute atomic E-state index is 0.404. The normalized spacial score (nSPS) is 10.9. The number of esters is 1. The highest BCUT2D eigenvalue weighted by Gasteiger charge is 2.03. The van der Waals surface area contributed by atoms with Gasteiger partial charge in [-0.25, -0.2) is 4.79 Å². The van der Waals surface area contributed by atoms with Gasteiger partial charge < -0.3 is 9.47 Å². The molecule has 0 unspecified atom stereocenters. The second kappa shape index (κ2) is 8.37. The molecule has 0 N–H and O–H groups in total. The summed E-state index contributed by atoms with van der Waals surface area (Å²) in [6, 6.07) is 19.8. The number of rotatable bonds is 6. The highest BCUT2D eigenvalue weighted by molar-refractivity contribution is 5.87. The molecule has 0 aliphatic carbocycles. The van der Waals surface area contributed by atoms with Gasteiger partial charge in [0.15, 0.2) is 0 Å². The molecule has 0 bridgehead atoms. The summed E-state index contributed by atoms with van der Waals surface area (Å²) >= 11 is 0. The van der Waals surface area contributed by atoms with Gasteiger partial charge in [0, 0.05) is 6.08 Å². The summed E-state index contributed by atoms with van der Waals surface area (Å²) < 4.78 is 10.9. The fraction of sp³-hybridized carbons (Fsp3) is 0.125. The summed E-state index contributed by atoms with van der Waals surface area (Å²) in [4.78, 5) is 12.0. The van der Waals surface area contributed by atoms with Crippen molar-refractivity contribution in [1.82, 2.24) is 0 Å². The van der Waals surface area contributed by atoms with Crippen molar-refractivity contribution in [3.05, 3.63) is 102 Å². The number of hydrogen-bond acceptors (Lipinski definition) is 3. The first-order valence-electron chi connectivity index (χ1n) is 8.77. The van der Waals surface area contributed by atoms with Crippen LogP contribution in [0.2, 0.25) is 0 Å². The first-order valence-corrected chi connectivity index (χ1v) is 8.77. The minimum atomic E-state index is -0.471. The maximum atomic E-state index is 12.0. The van der Waals surface area contributed by atoms with E-state index in [1.54, 1.807) is 6.07 Å². The number of benzene rings is 3. The number of allylic oxidation sites excluding steroid dienone is 1. The number of ether oxygens (including phenoxy) is 2. The quantitative estimate of drug-likeness (QED) is 0.188. The Morgan fingerprint density at radius 2 is 1.56 bits per heavy atom. The molecular formula is C24H22O3. The van der Waals surface area contributed by atoms with Crippen LogP contribution in [0.3, 0.4) is 0 Å². The molecular weight excluding hydrogens is 336 g/mol. The lowest BCUT2D eigenvalue weighted by atomic mass is 10.1. The van der Waals surface area contributed by atoms with E-state index in [1.807, 2.05) is 62.4 Å². The smallest absolute Gasteiger partial charge is 0.336 e. The Labute approximate surface area is 159 Å². The minimum Gasteiger partial charge on any atom is -0.490 e. The van der Waals surface area contributed by atoms with Crippen LogP contribution in [0.1, 0.15) is 16.7 Å². The van der Waals surface area contributed by atoms with Crippen LogP contribution in [0.5, 0.6) is 5.75 Å². The van der Waals surface area contributed by atoms with Crippen molar-refractivity contribution in [2.24, 2.45) is 0 Å². The third kappa shape index (κ3) is 5.32.